The number of carbonyl (C=O) groups is 1. The fourth-order valence-electron chi connectivity index (χ4n) is 1.94. The lowest BCUT2D eigenvalue weighted by atomic mass is 10.3. The quantitative estimate of drug-likeness (QED) is 0.863. The van der Waals surface area contributed by atoms with Gasteiger partial charge in [0, 0.05) is 4.88 Å². The number of aromatic nitrogens is 2. The summed E-state index contributed by atoms with van der Waals surface area (Å²) in [7, 11) is 0. The molecule has 18 heavy (non-hydrogen) atoms. The predicted octanol–water partition coefficient (Wildman–Crippen LogP) is 1.86. The number of nitrogens with one attached hydrogen (secondary N) is 1. The largest absolute Gasteiger partial charge is 0.397 e. The van der Waals surface area contributed by atoms with Crippen LogP contribution in [0.25, 0.3) is 0 Å². The lowest BCUT2D eigenvalue weighted by Crippen LogP contribution is -2.13. The van der Waals surface area contributed by atoms with E-state index in [4.69, 9.17) is 5.73 Å². The van der Waals surface area contributed by atoms with Crippen LogP contribution in [0.3, 0.4) is 0 Å². The van der Waals surface area contributed by atoms with E-state index in [1.165, 1.54) is 17.5 Å². The number of anilines is 2. The van der Waals surface area contributed by atoms with Crippen molar-refractivity contribution in [2.24, 2.45) is 0 Å². The number of rotatable bonds is 2. The molecule has 0 bridgehead atoms. The molecule has 6 heteroatoms. The average molecular weight is 260 g/mol. The Morgan fingerprint density at radius 3 is 3.00 bits per heavy atom. The number of aryl methyl sites for hydroxylation is 2. The number of carbonyl (C=O) groups excluding carboxylic acids is 1. The lowest BCUT2D eigenvalue weighted by Gasteiger charge is -2.01. The van der Waals surface area contributed by atoms with Crippen LogP contribution in [-0.4, -0.2) is 15.9 Å². The SMILES string of the molecule is Nc1ccc(C(=O)Nc2nc3c(s2)CCC3)nc1. The zero-order valence-corrected chi connectivity index (χ0v) is 10.5. The number of hydrogen-bond donors (Lipinski definition) is 2. The molecule has 0 unspecified atom stereocenters. The summed E-state index contributed by atoms with van der Waals surface area (Å²) in [5.74, 6) is -0.248. The summed E-state index contributed by atoms with van der Waals surface area (Å²) in [6, 6.07) is 3.26. The van der Waals surface area contributed by atoms with Gasteiger partial charge in [0.25, 0.3) is 5.91 Å². The molecule has 2 aromatic heterocycles. The summed E-state index contributed by atoms with van der Waals surface area (Å²) >= 11 is 1.55. The molecule has 0 aliphatic heterocycles. The van der Waals surface area contributed by atoms with Gasteiger partial charge in [-0.25, -0.2) is 9.97 Å². The number of nitrogen functional groups attached to an aromatic ring is 1. The van der Waals surface area contributed by atoms with Crippen molar-refractivity contribution in [3.63, 3.8) is 0 Å². The van der Waals surface area contributed by atoms with Crippen LogP contribution >= 0.6 is 11.3 Å². The third-order valence-corrected chi connectivity index (χ3v) is 3.91. The topological polar surface area (TPSA) is 80.9 Å². The van der Waals surface area contributed by atoms with E-state index in [2.05, 4.69) is 15.3 Å². The summed E-state index contributed by atoms with van der Waals surface area (Å²) in [5, 5.41) is 3.43. The van der Waals surface area contributed by atoms with Crippen LogP contribution in [0.15, 0.2) is 18.3 Å². The minimum absolute atomic E-state index is 0.248. The Kier molecular flexibility index (Phi) is 2.71. The number of pyridine rings is 1. The first-order valence-electron chi connectivity index (χ1n) is 5.74. The Balaban J connectivity index is 1.75. The number of amides is 1. The highest BCUT2D eigenvalue weighted by molar-refractivity contribution is 7.15. The first-order valence-corrected chi connectivity index (χ1v) is 6.55. The Bertz CT molecular complexity index is 569. The summed E-state index contributed by atoms with van der Waals surface area (Å²) in [5.41, 5.74) is 7.54. The molecule has 0 saturated carbocycles. The molecule has 0 radical (unpaired) electrons. The summed E-state index contributed by atoms with van der Waals surface area (Å²) in [4.78, 5) is 21.6. The summed E-state index contributed by atoms with van der Waals surface area (Å²) in [6.45, 7) is 0. The number of nitrogens with zero attached hydrogens (tertiary/aromatic N) is 2. The van der Waals surface area contributed by atoms with Crippen LogP contribution in [-0.2, 0) is 12.8 Å². The second-order valence-corrected chi connectivity index (χ2v) is 5.26. The van der Waals surface area contributed by atoms with Gasteiger partial charge in [0.1, 0.15) is 5.69 Å². The third kappa shape index (κ3) is 2.06. The molecule has 0 spiro atoms. The molecule has 0 atom stereocenters. The first kappa shape index (κ1) is 11.2. The summed E-state index contributed by atoms with van der Waals surface area (Å²) < 4.78 is 0. The van der Waals surface area contributed by atoms with Crippen LogP contribution in [0.4, 0.5) is 10.8 Å². The molecule has 2 aromatic rings. The molecule has 5 nitrogen and oxygen atoms in total. The van der Waals surface area contributed by atoms with Gasteiger partial charge in [0.15, 0.2) is 5.13 Å². The Hall–Kier alpha value is -1.95. The molecule has 1 aliphatic rings. The average Bonchev–Trinajstić information content (AvgIpc) is 2.90. The maximum absolute atomic E-state index is 11.9. The van der Waals surface area contributed by atoms with Gasteiger partial charge in [-0.15, -0.1) is 11.3 Å². The predicted molar refractivity (Wildman–Crippen MR) is 70.7 cm³/mol. The maximum atomic E-state index is 11.9. The smallest absolute Gasteiger partial charge is 0.276 e. The second kappa shape index (κ2) is 4.38. The van der Waals surface area contributed by atoms with Gasteiger partial charge in [-0.2, -0.15) is 0 Å². The van der Waals surface area contributed by atoms with E-state index >= 15 is 0 Å². The Morgan fingerprint density at radius 1 is 1.39 bits per heavy atom. The van der Waals surface area contributed by atoms with Crippen molar-refractivity contribution in [1.29, 1.82) is 0 Å². The van der Waals surface area contributed by atoms with Crippen molar-refractivity contribution >= 4 is 28.1 Å². The number of thiazole rings is 1. The highest BCUT2D eigenvalue weighted by Gasteiger charge is 2.18. The van der Waals surface area contributed by atoms with Gasteiger partial charge in [0.2, 0.25) is 0 Å². The Labute approximate surface area is 108 Å². The maximum Gasteiger partial charge on any atom is 0.276 e. The fourth-order valence-corrected chi connectivity index (χ4v) is 2.99. The molecule has 0 saturated heterocycles. The Morgan fingerprint density at radius 2 is 2.28 bits per heavy atom. The zero-order chi connectivity index (χ0) is 12.5. The van der Waals surface area contributed by atoms with Crippen LogP contribution in [0.2, 0.25) is 0 Å². The number of hydrogen-bond acceptors (Lipinski definition) is 5. The minimum Gasteiger partial charge on any atom is -0.397 e. The number of nitrogens with two attached hydrogens (primary N) is 1. The molecule has 1 amide bonds. The third-order valence-electron chi connectivity index (χ3n) is 2.84. The van der Waals surface area contributed by atoms with E-state index in [0.29, 0.717) is 16.5 Å². The van der Waals surface area contributed by atoms with Crippen molar-refractivity contribution in [3.8, 4) is 0 Å². The molecule has 3 N–H and O–H groups in total. The molecular formula is C12H12N4OS. The molecule has 1 aliphatic carbocycles. The van der Waals surface area contributed by atoms with Gasteiger partial charge in [0.05, 0.1) is 17.6 Å². The first-order chi connectivity index (χ1) is 8.72. The lowest BCUT2D eigenvalue weighted by molar-refractivity contribution is 0.102. The normalized spacial score (nSPS) is 13.3. The zero-order valence-electron chi connectivity index (χ0n) is 9.64. The van der Waals surface area contributed by atoms with Gasteiger partial charge in [-0.1, -0.05) is 0 Å². The molecule has 92 valence electrons. The van der Waals surface area contributed by atoms with Crippen molar-refractivity contribution < 1.29 is 4.79 Å². The van der Waals surface area contributed by atoms with E-state index in [-0.39, 0.29) is 5.91 Å². The van der Waals surface area contributed by atoms with Crippen LogP contribution in [0.5, 0.6) is 0 Å². The van der Waals surface area contributed by atoms with Crippen molar-refractivity contribution in [3.05, 3.63) is 34.6 Å². The van der Waals surface area contributed by atoms with Gasteiger partial charge in [-0.3, -0.25) is 10.1 Å². The molecule has 3 rings (SSSR count). The fraction of sp³-hybridized carbons (Fsp3) is 0.250. The van der Waals surface area contributed by atoms with E-state index in [1.807, 2.05) is 0 Å². The van der Waals surface area contributed by atoms with Crippen molar-refractivity contribution in [2.45, 2.75) is 19.3 Å². The number of fused-ring (bicyclic) bond motifs is 1. The van der Waals surface area contributed by atoms with Gasteiger partial charge >= 0.3 is 0 Å². The van der Waals surface area contributed by atoms with Crippen LogP contribution in [0.1, 0.15) is 27.5 Å². The van der Waals surface area contributed by atoms with E-state index < -0.39 is 0 Å². The molecule has 0 fully saturated rings. The van der Waals surface area contributed by atoms with Gasteiger partial charge < -0.3 is 5.73 Å². The highest BCUT2D eigenvalue weighted by Crippen LogP contribution is 2.30. The van der Waals surface area contributed by atoms with Gasteiger partial charge in [-0.05, 0) is 31.4 Å². The van der Waals surface area contributed by atoms with Crippen LogP contribution < -0.4 is 11.1 Å². The minimum atomic E-state index is -0.248. The highest BCUT2D eigenvalue weighted by atomic mass is 32.1. The van der Waals surface area contributed by atoms with E-state index in [0.717, 1.165) is 18.5 Å². The van der Waals surface area contributed by atoms with Crippen LogP contribution in [0, 0.1) is 0 Å². The molecular weight excluding hydrogens is 248 g/mol. The summed E-state index contributed by atoms with van der Waals surface area (Å²) in [6.07, 6.45) is 4.73. The van der Waals surface area contributed by atoms with E-state index in [9.17, 15) is 4.79 Å². The van der Waals surface area contributed by atoms with E-state index in [1.54, 1.807) is 23.5 Å². The molecule has 0 aromatic carbocycles. The standard InChI is InChI=1S/C12H12N4OS/c13-7-4-5-9(14-6-7)11(17)16-12-15-8-2-1-3-10(8)18-12/h4-6H,1-3,13H2,(H,15,16,17). The molecule has 2 heterocycles. The van der Waals surface area contributed by atoms with Crippen molar-refractivity contribution in [2.75, 3.05) is 11.1 Å². The van der Waals surface area contributed by atoms with Crippen molar-refractivity contribution in [1.82, 2.24) is 9.97 Å². The second-order valence-electron chi connectivity index (χ2n) is 4.17. The monoisotopic (exact) mass is 260 g/mol.